The van der Waals surface area contributed by atoms with Crippen molar-refractivity contribution in [3.63, 3.8) is 0 Å². The maximum atomic E-state index is 6.43. The van der Waals surface area contributed by atoms with Crippen LogP contribution in [0.2, 0.25) is 0 Å². The standard InChI is InChI=1S/C22H28N4O4/c1-5-28-17-11-9-15(13-19(17)30-7-3)21-24-22(26-25-21)20(23)14-8-10-16(27-4)18(12-14)29-6-2/h8-13,20H,5-7,23H2,1-4H3,(H,24,25,26)/t20-/m0/s1. The summed E-state index contributed by atoms with van der Waals surface area (Å²) in [5.41, 5.74) is 8.07. The Labute approximate surface area is 176 Å². The fraction of sp³-hybridized carbons (Fsp3) is 0.364. The van der Waals surface area contributed by atoms with Crippen LogP contribution in [-0.4, -0.2) is 42.1 Å². The van der Waals surface area contributed by atoms with Crippen molar-refractivity contribution in [2.45, 2.75) is 26.8 Å². The maximum Gasteiger partial charge on any atom is 0.181 e. The second-order valence-electron chi connectivity index (χ2n) is 6.39. The summed E-state index contributed by atoms with van der Waals surface area (Å²) in [4.78, 5) is 4.59. The number of methoxy groups -OCH3 is 1. The average Bonchev–Trinajstić information content (AvgIpc) is 3.25. The summed E-state index contributed by atoms with van der Waals surface area (Å²) < 4.78 is 22.3. The highest BCUT2D eigenvalue weighted by Crippen LogP contribution is 2.33. The van der Waals surface area contributed by atoms with Crippen molar-refractivity contribution in [1.82, 2.24) is 15.2 Å². The molecule has 0 saturated heterocycles. The molecule has 0 spiro atoms. The Bertz CT molecular complexity index is 974. The van der Waals surface area contributed by atoms with E-state index in [4.69, 9.17) is 24.7 Å². The summed E-state index contributed by atoms with van der Waals surface area (Å²) in [6.45, 7) is 7.40. The van der Waals surface area contributed by atoms with E-state index in [0.717, 1.165) is 11.1 Å². The molecule has 0 saturated carbocycles. The van der Waals surface area contributed by atoms with Gasteiger partial charge in [-0.2, -0.15) is 5.10 Å². The Hall–Kier alpha value is -3.26. The normalized spacial score (nSPS) is 11.8. The van der Waals surface area contributed by atoms with Crippen molar-refractivity contribution in [2.75, 3.05) is 26.9 Å². The van der Waals surface area contributed by atoms with Crippen LogP contribution in [0.4, 0.5) is 0 Å². The fourth-order valence-electron chi connectivity index (χ4n) is 3.05. The van der Waals surface area contributed by atoms with E-state index >= 15 is 0 Å². The molecular formula is C22H28N4O4. The molecule has 30 heavy (non-hydrogen) atoms. The van der Waals surface area contributed by atoms with Gasteiger partial charge in [0, 0.05) is 5.56 Å². The third kappa shape index (κ3) is 4.65. The fourth-order valence-corrected chi connectivity index (χ4v) is 3.05. The Morgan fingerprint density at radius 2 is 1.50 bits per heavy atom. The largest absolute Gasteiger partial charge is 0.493 e. The van der Waals surface area contributed by atoms with Crippen LogP contribution >= 0.6 is 0 Å². The summed E-state index contributed by atoms with van der Waals surface area (Å²) in [6, 6.07) is 10.7. The van der Waals surface area contributed by atoms with Crippen molar-refractivity contribution >= 4 is 0 Å². The molecule has 3 N–H and O–H groups in total. The lowest BCUT2D eigenvalue weighted by molar-refractivity contribution is 0.288. The molecule has 1 aromatic heterocycles. The number of nitrogens with zero attached hydrogens (tertiary/aromatic N) is 2. The third-order valence-corrected chi connectivity index (χ3v) is 4.45. The van der Waals surface area contributed by atoms with Gasteiger partial charge >= 0.3 is 0 Å². The lowest BCUT2D eigenvalue weighted by Crippen LogP contribution is -2.14. The third-order valence-electron chi connectivity index (χ3n) is 4.45. The van der Waals surface area contributed by atoms with Gasteiger partial charge in [0.15, 0.2) is 28.8 Å². The molecule has 3 rings (SSSR count). The molecular weight excluding hydrogens is 384 g/mol. The highest BCUT2D eigenvalue weighted by Gasteiger charge is 2.18. The molecule has 160 valence electrons. The molecule has 3 aromatic rings. The zero-order valence-corrected chi connectivity index (χ0v) is 17.8. The van der Waals surface area contributed by atoms with E-state index in [1.165, 1.54) is 0 Å². The molecule has 2 aromatic carbocycles. The molecule has 0 bridgehead atoms. The number of ether oxygens (including phenoxy) is 4. The first kappa shape index (κ1) is 21.4. The SMILES string of the molecule is CCOc1cc([C@H](N)c2nc(-c3ccc(OCC)c(OCC)c3)n[nH]2)ccc1OC. The van der Waals surface area contributed by atoms with Crippen molar-refractivity contribution in [3.05, 3.63) is 47.8 Å². The highest BCUT2D eigenvalue weighted by atomic mass is 16.5. The van der Waals surface area contributed by atoms with E-state index in [2.05, 4.69) is 15.2 Å². The highest BCUT2D eigenvalue weighted by molar-refractivity contribution is 5.61. The van der Waals surface area contributed by atoms with Gasteiger partial charge in [-0.3, -0.25) is 5.10 Å². The summed E-state index contributed by atoms with van der Waals surface area (Å²) in [6.07, 6.45) is 0. The van der Waals surface area contributed by atoms with Gasteiger partial charge in [0.1, 0.15) is 5.82 Å². The lowest BCUT2D eigenvalue weighted by atomic mass is 10.1. The number of H-pyrrole nitrogens is 1. The molecule has 0 aliphatic carbocycles. The predicted molar refractivity (Wildman–Crippen MR) is 114 cm³/mol. The molecule has 0 aliphatic rings. The topological polar surface area (TPSA) is 105 Å². The van der Waals surface area contributed by atoms with Crippen LogP contribution in [0.3, 0.4) is 0 Å². The first-order chi connectivity index (χ1) is 14.6. The van der Waals surface area contributed by atoms with E-state index in [1.807, 2.05) is 57.2 Å². The van der Waals surface area contributed by atoms with Crippen molar-refractivity contribution in [3.8, 4) is 34.4 Å². The number of benzene rings is 2. The van der Waals surface area contributed by atoms with Crippen LogP contribution in [-0.2, 0) is 0 Å². The Kier molecular flexibility index (Phi) is 7.13. The molecule has 8 heteroatoms. The smallest absolute Gasteiger partial charge is 0.181 e. The number of aromatic amines is 1. The molecule has 0 amide bonds. The van der Waals surface area contributed by atoms with E-state index in [1.54, 1.807) is 7.11 Å². The van der Waals surface area contributed by atoms with Crippen molar-refractivity contribution < 1.29 is 18.9 Å². The molecule has 1 heterocycles. The monoisotopic (exact) mass is 412 g/mol. The summed E-state index contributed by atoms with van der Waals surface area (Å²) in [7, 11) is 1.60. The number of nitrogens with one attached hydrogen (secondary N) is 1. The van der Waals surface area contributed by atoms with Crippen LogP contribution in [0.25, 0.3) is 11.4 Å². The van der Waals surface area contributed by atoms with Gasteiger partial charge in [-0.05, 0) is 56.7 Å². The zero-order valence-electron chi connectivity index (χ0n) is 17.8. The Morgan fingerprint density at radius 1 is 0.867 bits per heavy atom. The summed E-state index contributed by atoms with van der Waals surface area (Å²) >= 11 is 0. The Morgan fingerprint density at radius 3 is 2.17 bits per heavy atom. The van der Waals surface area contributed by atoms with Crippen LogP contribution in [0.15, 0.2) is 36.4 Å². The minimum atomic E-state index is -0.495. The Balaban J connectivity index is 1.87. The average molecular weight is 412 g/mol. The minimum Gasteiger partial charge on any atom is -0.493 e. The summed E-state index contributed by atoms with van der Waals surface area (Å²) in [5, 5.41) is 7.28. The van der Waals surface area contributed by atoms with Crippen LogP contribution in [0.5, 0.6) is 23.0 Å². The second kappa shape index (κ2) is 9.98. The van der Waals surface area contributed by atoms with Gasteiger partial charge < -0.3 is 24.7 Å². The zero-order chi connectivity index (χ0) is 21.5. The number of rotatable bonds is 10. The maximum absolute atomic E-state index is 6.43. The molecule has 0 fully saturated rings. The van der Waals surface area contributed by atoms with Crippen LogP contribution < -0.4 is 24.7 Å². The van der Waals surface area contributed by atoms with Gasteiger partial charge in [-0.15, -0.1) is 0 Å². The number of nitrogens with two attached hydrogens (primary N) is 1. The summed E-state index contributed by atoms with van der Waals surface area (Å²) in [5.74, 6) is 3.72. The number of hydrogen-bond donors (Lipinski definition) is 2. The molecule has 1 atom stereocenters. The second-order valence-corrected chi connectivity index (χ2v) is 6.39. The first-order valence-corrected chi connectivity index (χ1v) is 9.99. The van der Waals surface area contributed by atoms with Crippen molar-refractivity contribution in [2.24, 2.45) is 5.73 Å². The quantitative estimate of drug-likeness (QED) is 0.523. The van der Waals surface area contributed by atoms with E-state index in [9.17, 15) is 0 Å². The van der Waals surface area contributed by atoms with Gasteiger partial charge in [0.25, 0.3) is 0 Å². The van der Waals surface area contributed by atoms with Gasteiger partial charge in [0.2, 0.25) is 0 Å². The molecule has 0 aliphatic heterocycles. The van der Waals surface area contributed by atoms with Crippen molar-refractivity contribution in [1.29, 1.82) is 0 Å². The van der Waals surface area contributed by atoms with E-state index in [-0.39, 0.29) is 0 Å². The number of hydrogen-bond acceptors (Lipinski definition) is 7. The van der Waals surface area contributed by atoms with Gasteiger partial charge in [-0.1, -0.05) is 6.07 Å². The first-order valence-electron chi connectivity index (χ1n) is 9.99. The van der Waals surface area contributed by atoms with Crippen LogP contribution in [0, 0.1) is 0 Å². The molecule has 0 radical (unpaired) electrons. The number of aromatic nitrogens is 3. The van der Waals surface area contributed by atoms with Gasteiger partial charge in [-0.25, -0.2) is 4.98 Å². The predicted octanol–water partition coefficient (Wildman–Crippen LogP) is 3.72. The van der Waals surface area contributed by atoms with Gasteiger partial charge in [0.05, 0.1) is 33.0 Å². The van der Waals surface area contributed by atoms with E-state index < -0.39 is 6.04 Å². The lowest BCUT2D eigenvalue weighted by Gasteiger charge is -2.14. The van der Waals surface area contributed by atoms with E-state index in [0.29, 0.717) is 54.5 Å². The molecule has 0 unspecified atom stereocenters. The minimum absolute atomic E-state index is 0.495. The van der Waals surface area contributed by atoms with Crippen LogP contribution in [0.1, 0.15) is 38.2 Å². The molecule has 8 nitrogen and oxygen atoms in total.